The maximum absolute atomic E-state index is 14.4. The lowest BCUT2D eigenvalue weighted by molar-refractivity contribution is -0.137. The number of benzene rings is 2. The van der Waals surface area contributed by atoms with Crippen LogP contribution in [0.4, 0.5) is 22.0 Å². The minimum atomic E-state index is -4.80. The molecule has 1 aliphatic carbocycles. The molecule has 1 atom stereocenters. The van der Waals surface area contributed by atoms with Crippen LogP contribution in [-0.4, -0.2) is 37.5 Å². The molecule has 3 N–H and O–H groups in total. The van der Waals surface area contributed by atoms with Gasteiger partial charge in [0.1, 0.15) is 17.2 Å². The number of fused-ring (bicyclic) bond motifs is 2. The van der Waals surface area contributed by atoms with Crippen LogP contribution < -0.4 is 10.6 Å². The van der Waals surface area contributed by atoms with E-state index in [2.05, 4.69) is 20.7 Å². The van der Waals surface area contributed by atoms with Gasteiger partial charge in [0.05, 0.1) is 23.4 Å². The van der Waals surface area contributed by atoms with Gasteiger partial charge in [-0.15, -0.1) is 0 Å². The predicted molar refractivity (Wildman–Crippen MR) is 132 cm³/mol. The molecule has 5 rings (SSSR count). The monoisotopic (exact) mass is 573 g/mol. The second kappa shape index (κ2) is 10.3. The molecule has 0 saturated heterocycles. The van der Waals surface area contributed by atoms with Gasteiger partial charge in [0.25, 0.3) is 11.8 Å². The highest BCUT2D eigenvalue weighted by Crippen LogP contribution is 2.35. The first kappa shape index (κ1) is 27.7. The molecule has 0 spiro atoms. The Labute approximate surface area is 228 Å². The van der Waals surface area contributed by atoms with Gasteiger partial charge < -0.3 is 15.7 Å². The van der Waals surface area contributed by atoms with E-state index in [0.29, 0.717) is 30.5 Å². The first-order valence-electron chi connectivity index (χ1n) is 12.2. The Bertz CT molecular complexity index is 1730. The normalized spacial score (nSPS) is 14.6. The fraction of sp³-hybridized carbons (Fsp3) is 0.222. The van der Waals surface area contributed by atoms with Gasteiger partial charge in [-0.1, -0.05) is 6.07 Å². The molecular formula is C27H20F5N5O4. The zero-order chi connectivity index (χ0) is 29.6. The topological polar surface area (TPSA) is 126 Å². The van der Waals surface area contributed by atoms with Gasteiger partial charge in [0.2, 0.25) is 0 Å². The van der Waals surface area contributed by atoms with E-state index >= 15 is 0 Å². The van der Waals surface area contributed by atoms with Crippen LogP contribution in [0.5, 0.6) is 0 Å². The summed E-state index contributed by atoms with van der Waals surface area (Å²) in [6.07, 6.45) is -3.02. The molecular weight excluding hydrogens is 553 g/mol. The molecule has 2 aromatic carbocycles. The number of nitrogens with one attached hydrogen (secondary N) is 2. The van der Waals surface area contributed by atoms with Crippen molar-refractivity contribution in [1.82, 2.24) is 25.2 Å². The summed E-state index contributed by atoms with van der Waals surface area (Å²) in [4.78, 5) is 41.5. The zero-order valence-electron chi connectivity index (χ0n) is 21.1. The number of carbonyl (C=O) groups excluding carboxylic acids is 2. The van der Waals surface area contributed by atoms with E-state index in [-0.39, 0.29) is 16.8 Å². The molecule has 0 aliphatic heterocycles. The summed E-state index contributed by atoms with van der Waals surface area (Å²) >= 11 is 0. The molecule has 4 aromatic rings. The number of hydrogen-bond acceptors (Lipinski definition) is 5. The SMILES string of the molecule is Cc1c(C(=O)O)ccc2c1CC[C@@H]2NC(=O)c1cc(C(=O)NCc2cc(F)cc(C(F)(F)F)c2)nc2c(F)cnn12. The minimum Gasteiger partial charge on any atom is -0.478 e. The van der Waals surface area contributed by atoms with E-state index in [1.165, 1.54) is 6.07 Å². The highest BCUT2D eigenvalue weighted by Gasteiger charge is 2.32. The van der Waals surface area contributed by atoms with Gasteiger partial charge in [-0.25, -0.2) is 23.1 Å². The number of aromatic carboxylic acids is 1. The number of rotatable bonds is 6. The third-order valence-electron chi connectivity index (χ3n) is 6.86. The summed E-state index contributed by atoms with van der Waals surface area (Å²) in [6.45, 7) is 1.18. The highest BCUT2D eigenvalue weighted by atomic mass is 19.4. The van der Waals surface area contributed by atoms with Crippen LogP contribution >= 0.6 is 0 Å². The second-order valence-electron chi connectivity index (χ2n) is 9.46. The van der Waals surface area contributed by atoms with Crippen LogP contribution in [0.3, 0.4) is 0 Å². The molecule has 2 aromatic heterocycles. The fourth-order valence-corrected chi connectivity index (χ4v) is 4.90. The van der Waals surface area contributed by atoms with Crippen LogP contribution in [0.25, 0.3) is 5.65 Å². The summed E-state index contributed by atoms with van der Waals surface area (Å²) < 4.78 is 68.1. The number of nitrogens with zero attached hydrogens (tertiary/aromatic N) is 3. The lowest BCUT2D eigenvalue weighted by atomic mass is 9.98. The van der Waals surface area contributed by atoms with Gasteiger partial charge in [-0.2, -0.15) is 18.3 Å². The number of carboxylic acids is 1. The van der Waals surface area contributed by atoms with E-state index in [1.807, 2.05) is 0 Å². The molecule has 1 aliphatic rings. The third-order valence-corrected chi connectivity index (χ3v) is 6.86. The molecule has 0 unspecified atom stereocenters. The Balaban J connectivity index is 1.40. The average molecular weight is 573 g/mol. The van der Waals surface area contributed by atoms with Gasteiger partial charge in [0, 0.05) is 12.6 Å². The molecule has 0 fully saturated rings. The Morgan fingerprint density at radius 3 is 2.56 bits per heavy atom. The van der Waals surface area contributed by atoms with Crippen LogP contribution in [0, 0.1) is 18.6 Å². The molecule has 0 radical (unpaired) electrons. The standard InChI is InChI=1S/C27H20F5N5O4/c1-12-16-4-5-20(18(16)3-2-17(12)26(40)41)36-25(39)22-9-21(35-23-19(29)11-34-37(22)23)24(38)33-10-13-6-14(27(30,31)32)8-15(28)7-13/h2-3,6-9,11,20H,4-5,10H2,1H3,(H,33,38)(H,36,39)(H,40,41)/t20-/m0/s1. The van der Waals surface area contributed by atoms with Crippen LogP contribution in [-0.2, 0) is 19.1 Å². The van der Waals surface area contributed by atoms with E-state index in [1.54, 1.807) is 13.0 Å². The molecule has 0 bridgehead atoms. The van der Waals surface area contributed by atoms with Crippen molar-refractivity contribution in [2.45, 2.75) is 38.5 Å². The number of halogens is 5. The third kappa shape index (κ3) is 5.32. The quantitative estimate of drug-likeness (QED) is 0.294. The van der Waals surface area contributed by atoms with E-state index in [0.717, 1.165) is 34.0 Å². The number of aromatic nitrogens is 3. The summed E-state index contributed by atoms with van der Waals surface area (Å²) in [6, 6.07) is 5.44. The Morgan fingerprint density at radius 1 is 1.10 bits per heavy atom. The highest BCUT2D eigenvalue weighted by molar-refractivity contribution is 5.98. The van der Waals surface area contributed by atoms with Crippen molar-refractivity contribution < 1.29 is 41.4 Å². The van der Waals surface area contributed by atoms with Gasteiger partial charge in [0.15, 0.2) is 11.5 Å². The number of alkyl halides is 3. The summed E-state index contributed by atoms with van der Waals surface area (Å²) in [5.74, 6) is -4.83. The number of carboxylic acid groups (broad SMARTS) is 1. The van der Waals surface area contributed by atoms with Crippen molar-refractivity contribution in [2.24, 2.45) is 0 Å². The first-order chi connectivity index (χ1) is 19.3. The second-order valence-corrected chi connectivity index (χ2v) is 9.46. The predicted octanol–water partition coefficient (Wildman–Crippen LogP) is 4.38. The van der Waals surface area contributed by atoms with E-state index < -0.39 is 65.1 Å². The van der Waals surface area contributed by atoms with E-state index in [9.17, 15) is 41.4 Å². The summed E-state index contributed by atoms with van der Waals surface area (Å²) in [5.41, 5.74) is -0.262. The van der Waals surface area contributed by atoms with Crippen molar-refractivity contribution in [2.75, 3.05) is 0 Å². The van der Waals surface area contributed by atoms with Crippen LogP contribution in [0.2, 0.25) is 0 Å². The van der Waals surface area contributed by atoms with Crippen molar-refractivity contribution in [3.05, 3.63) is 99.0 Å². The summed E-state index contributed by atoms with van der Waals surface area (Å²) in [5, 5.41) is 18.3. The van der Waals surface area contributed by atoms with Crippen LogP contribution in [0.1, 0.15) is 71.6 Å². The van der Waals surface area contributed by atoms with Crippen molar-refractivity contribution >= 4 is 23.4 Å². The number of carbonyl (C=O) groups is 3. The van der Waals surface area contributed by atoms with Gasteiger partial charge in [-0.05, 0) is 66.3 Å². The molecule has 212 valence electrons. The van der Waals surface area contributed by atoms with E-state index in [4.69, 9.17) is 0 Å². The fourth-order valence-electron chi connectivity index (χ4n) is 4.90. The zero-order valence-corrected chi connectivity index (χ0v) is 21.1. The largest absolute Gasteiger partial charge is 0.478 e. The number of hydrogen-bond donors (Lipinski definition) is 3. The van der Waals surface area contributed by atoms with Crippen molar-refractivity contribution in [3.63, 3.8) is 0 Å². The van der Waals surface area contributed by atoms with Crippen molar-refractivity contribution in [3.8, 4) is 0 Å². The van der Waals surface area contributed by atoms with Crippen LogP contribution in [0.15, 0.2) is 42.6 Å². The smallest absolute Gasteiger partial charge is 0.416 e. The minimum absolute atomic E-state index is 0.155. The van der Waals surface area contributed by atoms with Crippen molar-refractivity contribution in [1.29, 1.82) is 0 Å². The molecule has 2 amide bonds. The maximum atomic E-state index is 14.4. The Morgan fingerprint density at radius 2 is 1.85 bits per heavy atom. The van der Waals surface area contributed by atoms with Gasteiger partial charge in [-0.3, -0.25) is 9.59 Å². The Kier molecular flexibility index (Phi) is 6.93. The molecule has 0 saturated carbocycles. The molecule has 2 heterocycles. The number of amides is 2. The molecule has 14 heteroatoms. The Hall–Kier alpha value is -4.88. The summed E-state index contributed by atoms with van der Waals surface area (Å²) in [7, 11) is 0. The lowest BCUT2D eigenvalue weighted by Gasteiger charge is -2.16. The molecule has 9 nitrogen and oxygen atoms in total. The lowest BCUT2D eigenvalue weighted by Crippen LogP contribution is -2.31. The average Bonchev–Trinajstić information content (AvgIpc) is 3.49. The maximum Gasteiger partial charge on any atom is 0.416 e. The van der Waals surface area contributed by atoms with Gasteiger partial charge >= 0.3 is 12.1 Å². The molecule has 41 heavy (non-hydrogen) atoms. The first-order valence-corrected chi connectivity index (χ1v) is 12.2.